The van der Waals surface area contributed by atoms with E-state index in [-0.39, 0.29) is 5.03 Å². The number of hydrogen-bond donors (Lipinski definition) is 0. The van der Waals surface area contributed by atoms with Gasteiger partial charge in [-0.25, -0.2) is 0 Å². The van der Waals surface area contributed by atoms with Crippen LogP contribution in [0, 0.1) is 0 Å². The van der Waals surface area contributed by atoms with Crippen LogP contribution in [-0.2, 0) is 0 Å². The van der Waals surface area contributed by atoms with Crippen molar-refractivity contribution < 1.29 is 13.2 Å². The molecule has 0 aromatic rings. The standard InChI is InChI=1S/C6H3ClF3I/c7-4-1-2-11-5(3-4)6(8,9)10/h1-3H. The van der Waals surface area contributed by atoms with E-state index >= 15 is 0 Å². The zero-order valence-electron chi connectivity index (χ0n) is 5.12. The summed E-state index contributed by atoms with van der Waals surface area (Å²) < 4.78 is 36.9. The Bertz CT molecular complexity index is 249. The van der Waals surface area contributed by atoms with E-state index in [0.717, 1.165) is 6.08 Å². The smallest absolute Gasteiger partial charge is 0.166 e. The number of hydrogen-bond acceptors (Lipinski definition) is 0. The van der Waals surface area contributed by atoms with Gasteiger partial charge in [-0.3, -0.25) is 0 Å². The molecule has 0 aromatic heterocycles. The fraction of sp³-hybridized carbons (Fsp3) is 0.167. The highest BCUT2D eigenvalue weighted by Crippen LogP contribution is 2.28. The summed E-state index contributed by atoms with van der Waals surface area (Å²) in [6, 6.07) is 0. The van der Waals surface area contributed by atoms with Crippen molar-refractivity contribution in [3.63, 3.8) is 0 Å². The van der Waals surface area contributed by atoms with Crippen molar-refractivity contribution >= 4 is 35.8 Å². The minimum absolute atomic E-state index is 0.156. The highest BCUT2D eigenvalue weighted by atomic mass is 127. The highest BCUT2D eigenvalue weighted by Gasteiger charge is 2.33. The van der Waals surface area contributed by atoms with E-state index in [0.29, 0.717) is 0 Å². The van der Waals surface area contributed by atoms with E-state index in [4.69, 9.17) is 11.6 Å². The molecule has 0 radical (unpaired) electrons. The molecular weight excluding hydrogens is 291 g/mol. The second-order valence-corrected chi connectivity index (χ2v) is 4.72. The molecule has 0 saturated heterocycles. The lowest BCUT2D eigenvalue weighted by molar-refractivity contribution is -0.0549. The molecule has 1 heterocycles. The Balaban J connectivity index is 2.93. The zero-order valence-corrected chi connectivity index (χ0v) is 8.04. The number of halogens is 5. The van der Waals surface area contributed by atoms with Crippen LogP contribution in [0.4, 0.5) is 13.2 Å². The summed E-state index contributed by atoms with van der Waals surface area (Å²) in [6.45, 7) is 0. The van der Waals surface area contributed by atoms with Gasteiger partial charge in [-0.1, -0.05) is 32.3 Å². The normalized spacial score (nSPS) is 18.5. The molecule has 0 aliphatic carbocycles. The van der Waals surface area contributed by atoms with Crippen molar-refractivity contribution in [1.82, 2.24) is 0 Å². The van der Waals surface area contributed by atoms with Crippen LogP contribution in [0.3, 0.4) is 0 Å². The molecule has 1 rings (SSSR count). The SMILES string of the molecule is FC(F)(F)C1=IC=CC(Cl)=C1. The Morgan fingerprint density at radius 1 is 1.36 bits per heavy atom. The maximum Gasteiger partial charge on any atom is 0.421 e. The number of alkyl halides is 3. The lowest BCUT2D eigenvalue weighted by atomic mass is 10.3. The van der Waals surface area contributed by atoms with Gasteiger partial charge in [0.2, 0.25) is 0 Å². The van der Waals surface area contributed by atoms with Crippen molar-refractivity contribution in [1.29, 1.82) is 0 Å². The average molecular weight is 294 g/mol. The molecule has 0 saturated carbocycles. The van der Waals surface area contributed by atoms with Crippen molar-refractivity contribution in [2.24, 2.45) is 0 Å². The molecule has 0 bridgehead atoms. The molecule has 0 amide bonds. The Labute approximate surface area is 76.5 Å². The van der Waals surface area contributed by atoms with Crippen LogP contribution in [0.5, 0.6) is 0 Å². The van der Waals surface area contributed by atoms with Gasteiger partial charge in [-0.05, 0) is 16.2 Å². The van der Waals surface area contributed by atoms with E-state index in [1.807, 2.05) is 0 Å². The van der Waals surface area contributed by atoms with Crippen LogP contribution in [0.2, 0.25) is 0 Å². The van der Waals surface area contributed by atoms with E-state index < -0.39 is 30.4 Å². The summed E-state index contributed by atoms with van der Waals surface area (Å²) >= 11 is 4.37. The Kier molecular flexibility index (Phi) is 2.74. The van der Waals surface area contributed by atoms with Crippen molar-refractivity contribution in [2.75, 3.05) is 0 Å². The lowest BCUT2D eigenvalue weighted by Crippen LogP contribution is -2.19. The molecule has 0 atom stereocenters. The second kappa shape index (κ2) is 3.26. The first-order chi connectivity index (χ1) is 5.00. The van der Waals surface area contributed by atoms with E-state index in [2.05, 4.69) is 0 Å². The van der Waals surface area contributed by atoms with E-state index in [9.17, 15) is 13.2 Å². The van der Waals surface area contributed by atoms with Crippen LogP contribution in [0.1, 0.15) is 0 Å². The van der Waals surface area contributed by atoms with E-state index in [1.165, 1.54) is 10.2 Å². The molecular formula is C6H3ClF3I. The van der Waals surface area contributed by atoms with Gasteiger partial charge in [0.05, 0.1) is 3.51 Å². The molecule has 0 unspecified atom stereocenters. The van der Waals surface area contributed by atoms with Gasteiger partial charge in [0.15, 0.2) is 0 Å². The Morgan fingerprint density at radius 3 is 2.36 bits per heavy atom. The quantitative estimate of drug-likeness (QED) is 0.601. The predicted molar refractivity (Wildman–Crippen MR) is 48.2 cm³/mol. The maximum atomic E-state index is 12.0. The molecule has 1 aliphatic rings. The molecule has 0 fully saturated rings. The van der Waals surface area contributed by atoms with Crippen LogP contribution in [0.25, 0.3) is 0 Å². The van der Waals surface area contributed by atoms with Gasteiger partial charge in [0.1, 0.15) is 0 Å². The van der Waals surface area contributed by atoms with Crippen molar-refractivity contribution in [2.45, 2.75) is 6.18 Å². The molecule has 5 heteroatoms. The van der Waals surface area contributed by atoms with Crippen LogP contribution < -0.4 is 0 Å². The van der Waals surface area contributed by atoms with E-state index in [1.54, 1.807) is 0 Å². The van der Waals surface area contributed by atoms with Gasteiger partial charge < -0.3 is 0 Å². The minimum Gasteiger partial charge on any atom is -0.166 e. The Morgan fingerprint density at radius 2 is 2.00 bits per heavy atom. The third-order valence-corrected chi connectivity index (χ3v) is 3.49. The van der Waals surface area contributed by atoms with Crippen molar-refractivity contribution in [3.05, 3.63) is 21.3 Å². The summed E-state index contributed by atoms with van der Waals surface area (Å²) in [5, 5.41) is 0.156. The molecule has 0 N–H and O–H groups in total. The fourth-order valence-corrected chi connectivity index (χ4v) is 2.90. The molecule has 0 spiro atoms. The molecule has 1 aliphatic heterocycles. The largest absolute Gasteiger partial charge is 0.421 e. The summed E-state index contributed by atoms with van der Waals surface area (Å²) in [6.07, 6.45) is -1.70. The second-order valence-electron chi connectivity index (χ2n) is 1.78. The fourth-order valence-electron chi connectivity index (χ4n) is 0.504. The van der Waals surface area contributed by atoms with Crippen LogP contribution in [0.15, 0.2) is 21.3 Å². The van der Waals surface area contributed by atoms with Crippen LogP contribution >= 0.6 is 32.3 Å². The summed E-state index contributed by atoms with van der Waals surface area (Å²) in [5.41, 5.74) is 0. The van der Waals surface area contributed by atoms with Gasteiger partial charge in [-0.2, -0.15) is 13.2 Å². The van der Waals surface area contributed by atoms with Crippen LogP contribution in [-0.4, -0.2) is 9.69 Å². The maximum absolute atomic E-state index is 12.0. The topological polar surface area (TPSA) is 0 Å². The lowest BCUT2D eigenvalue weighted by Gasteiger charge is -2.07. The molecule has 0 aromatic carbocycles. The minimum atomic E-state index is -4.20. The van der Waals surface area contributed by atoms with Gasteiger partial charge in [-0.15, -0.1) is 0 Å². The van der Waals surface area contributed by atoms with Gasteiger partial charge in [0, 0.05) is 5.03 Å². The zero-order chi connectivity index (χ0) is 8.48. The molecule has 0 nitrogen and oxygen atoms in total. The molecule has 62 valence electrons. The van der Waals surface area contributed by atoms with Crippen molar-refractivity contribution in [3.8, 4) is 0 Å². The number of allylic oxidation sites excluding steroid dienone is 3. The third-order valence-electron chi connectivity index (χ3n) is 0.938. The first-order valence-electron chi connectivity index (χ1n) is 2.61. The number of rotatable bonds is 0. The summed E-state index contributed by atoms with van der Waals surface area (Å²) in [7, 11) is 0. The summed E-state index contributed by atoms with van der Waals surface area (Å²) in [5.74, 6) is 0. The van der Waals surface area contributed by atoms with Gasteiger partial charge in [0.25, 0.3) is 0 Å². The Hall–Kier alpha value is 0.160. The monoisotopic (exact) mass is 294 g/mol. The van der Waals surface area contributed by atoms with Gasteiger partial charge >= 0.3 is 6.18 Å². The molecule has 11 heavy (non-hydrogen) atoms. The highest BCUT2D eigenvalue weighted by molar-refractivity contribution is 14.2. The third kappa shape index (κ3) is 2.59. The average Bonchev–Trinajstić information content (AvgIpc) is 1.86. The summed E-state index contributed by atoms with van der Waals surface area (Å²) in [4.78, 5) is 0. The first-order valence-corrected chi connectivity index (χ1v) is 5.31. The predicted octanol–water partition coefficient (Wildman–Crippen LogP) is 3.34. The first kappa shape index (κ1) is 9.25.